The fourth-order valence-electron chi connectivity index (χ4n) is 4.28. The van der Waals surface area contributed by atoms with Crippen LogP contribution in [0.3, 0.4) is 0 Å². The number of halogens is 1. The molecular formula is C29H31ClN4O3. The first kappa shape index (κ1) is 26.4. The Balaban J connectivity index is 1.68. The molecule has 0 atom stereocenters. The summed E-state index contributed by atoms with van der Waals surface area (Å²) in [6.07, 6.45) is -0.106. The standard InChI is InChI=1S/C29H31ClN4O3/c1-33(2)13-14-34(3)18-19-7-10-23(11-8-19)31-28(21-6-4-5-20(15-21)16-26(35)36)27-24-12-9-22(30)17-25(24)32-29(27)37/h4-12,15,17,31H,13-14,16,18H2,1-3H3,(H,32,37)(H,35,36)/b28-27-. The molecule has 0 radical (unpaired) electrons. The summed E-state index contributed by atoms with van der Waals surface area (Å²) in [7, 11) is 6.23. The summed E-state index contributed by atoms with van der Waals surface area (Å²) in [6.45, 7) is 2.78. The fraction of sp³-hybridized carbons (Fsp3) is 0.241. The number of carbonyl (C=O) groups excluding carboxylic acids is 1. The fourth-order valence-corrected chi connectivity index (χ4v) is 4.46. The Labute approximate surface area is 222 Å². The largest absolute Gasteiger partial charge is 0.481 e. The van der Waals surface area contributed by atoms with Crippen LogP contribution in [0.25, 0.3) is 11.3 Å². The summed E-state index contributed by atoms with van der Waals surface area (Å²) < 4.78 is 0. The minimum absolute atomic E-state index is 0.106. The molecule has 0 spiro atoms. The average molecular weight is 519 g/mol. The van der Waals surface area contributed by atoms with Gasteiger partial charge in [-0.25, -0.2) is 0 Å². The van der Waals surface area contributed by atoms with Gasteiger partial charge in [0.2, 0.25) is 0 Å². The number of aliphatic carboxylic acids is 1. The molecule has 1 aliphatic heterocycles. The zero-order chi connectivity index (χ0) is 26.5. The van der Waals surface area contributed by atoms with Crippen LogP contribution in [0.4, 0.5) is 11.4 Å². The van der Waals surface area contributed by atoms with Crippen molar-refractivity contribution in [1.29, 1.82) is 0 Å². The van der Waals surface area contributed by atoms with E-state index >= 15 is 0 Å². The third kappa shape index (κ3) is 6.77. The number of nitrogens with zero attached hydrogens (tertiary/aromatic N) is 2. The number of carboxylic acid groups (broad SMARTS) is 1. The molecule has 1 amide bonds. The Hall–Kier alpha value is -3.65. The van der Waals surface area contributed by atoms with Gasteiger partial charge in [0.05, 0.1) is 23.4 Å². The van der Waals surface area contributed by atoms with Crippen molar-refractivity contribution in [2.24, 2.45) is 0 Å². The molecule has 0 aromatic heterocycles. The summed E-state index contributed by atoms with van der Waals surface area (Å²) in [6, 6.07) is 20.7. The van der Waals surface area contributed by atoms with Crippen LogP contribution in [0.15, 0.2) is 66.7 Å². The lowest BCUT2D eigenvalue weighted by atomic mass is 9.98. The van der Waals surface area contributed by atoms with E-state index in [2.05, 4.69) is 53.7 Å². The van der Waals surface area contributed by atoms with E-state index in [9.17, 15) is 14.7 Å². The normalized spacial score (nSPS) is 14.1. The second-order valence-corrected chi connectivity index (χ2v) is 9.96. The van der Waals surface area contributed by atoms with Crippen LogP contribution >= 0.6 is 11.6 Å². The molecule has 0 unspecified atom stereocenters. The predicted octanol–water partition coefficient (Wildman–Crippen LogP) is 4.89. The van der Waals surface area contributed by atoms with Crippen molar-refractivity contribution < 1.29 is 14.7 Å². The summed E-state index contributed by atoms with van der Waals surface area (Å²) in [5.74, 6) is -1.16. The number of nitrogens with one attached hydrogen (secondary N) is 2. The van der Waals surface area contributed by atoms with Gasteiger partial charge in [-0.1, -0.05) is 48.0 Å². The van der Waals surface area contributed by atoms with E-state index in [1.807, 2.05) is 24.3 Å². The number of carboxylic acids is 1. The van der Waals surface area contributed by atoms with Gasteiger partial charge in [-0.05, 0) is 68.2 Å². The number of fused-ring (bicyclic) bond motifs is 1. The number of likely N-dealkylation sites (N-methyl/N-ethyl adjacent to an activating group) is 2. The molecule has 4 rings (SSSR count). The lowest BCUT2D eigenvalue weighted by Gasteiger charge is -2.20. The van der Waals surface area contributed by atoms with Crippen molar-refractivity contribution >= 4 is 46.1 Å². The van der Waals surface area contributed by atoms with Crippen LogP contribution in [0.5, 0.6) is 0 Å². The predicted molar refractivity (Wildman–Crippen MR) is 150 cm³/mol. The van der Waals surface area contributed by atoms with Crippen molar-refractivity contribution in [1.82, 2.24) is 9.80 Å². The number of carbonyl (C=O) groups is 2. The molecule has 0 aliphatic carbocycles. The Morgan fingerprint density at radius 3 is 2.43 bits per heavy atom. The van der Waals surface area contributed by atoms with Gasteiger partial charge in [0, 0.05) is 35.9 Å². The van der Waals surface area contributed by atoms with Crippen molar-refractivity contribution in [2.45, 2.75) is 13.0 Å². The summed E-state index contributed by atoms with van der Waals surface area (Å²) in [5, 5.41) is 16.2. The summed E-state index contributed by atoms with van der Waals surface area (Å²) in [5.41, 5.74) is 5.83. The first-order chi connectivity index (χ1) is 17.7. The molecule has 8 heteroatoms. The molecule has 3 N–H and O–H groups in total. The number of hydrogen-bond acceptors (Lipinski definition) is 5. The average Bonchev–Trinajstić information content (AvgIpc) is 3.16. The zero-order valence-electron chi connectivity index (χ0n) is 21.2. The highest BCUT2D eigenvalue weighted by Crippen LogP contribution is 2.39. The molecule has 0 saturated heterocycles. The van der Waals surface area contributed by atoms with Crippen LogP contribution < -0.4 is 10.6 Å². The van der Waals surface area contributed by atoms with Crippen LogP contribution in [0, 0.1) is 0 Å². The number of benzene rings is 3. The van der Waals surface area contributed by atoms with Crippen molar-refractivity contribution in [3.05, 3.63) is 94.0 Å². The quantitative estimate of drug-likeness (QED) is 0.331. The lowest BCUT2D eigenvalue weighted by Crippen LogP contribution is -2.28. The van der Waals surface area contributed by atoms with Crippen LogP contribution in [-0.4, -0.2) is 61.0 Å². The minimum Gasteiger partial charge on any atom is -0.481 e. The topological polar surface area (TPSA) is 84.9 Å². The SMILES string of the molecule is CN(C)CCN(C)Cc1ccc(N/C(=C2\C(=O)Nc3cc(Cl)ccc32)c2cccc(CC(=O)O)c2)cc1. The molecule has 3 aromatic rings. The van der Waals surface area contributed by atoms with Crippen molar-refractivity contribution in [2.75, 3.05) is 44.9 Å². The van der Waals surface area contributed by atoms with E-state index < -0.39 is 5.97 Å². The second kappa shape index (κ2) is 11.6. The van der Waals surface area contributed by atoms with Gasteiger partial charge >= 0.3 is 5.97 Å². The van der Waals surface area contributed by atoms with E-state index in [0.29, 0.717) is 27.5 Å². The molecule has 3 aromatic carbocycles. The number of hydrogen-bond donors (Lipinski definition) is 3. The molecule has 192 valence electrons. The van der Waals surface area contributed by atoms with Gasteiger partial charge in [-0.3, -0.25) is 9.59 Å². The van der Waals surface area contributed by atoms with Crippen molar-refractivity contribution in [3.63, 3.8) is 0 Å². The molecule has 37 heavy (non-hydrogen) atoms. The second-order valence-electron chi connectivity index (χ2n) is 9.53. The highest BCUT2D eigenvalue weighted by molar-refractivity contribution is 6.38. The maximum absolute atomic E-state index is 13.1. The molecule has 1 aliphatic rings. The van der Waals surface area contributed by atoms with Gasteiger partial charge in [0.15, 0.2) is 0 Å². The van der Waals surface area contributed by atoms with Gasteiger partial charge in [-0.2, -0.15) is 0 Å². The van der Waals surface area contributed by atoms with E-state index in [0.717, 1.165) is 36.4 Å². The summed E-state index contributed by atoms with van der Waals surface area (Å²) in [4.78, 5) is 28.9. The van der Waals surface area contributed by atoms with Gasteiger partial charge in [-0.15, -0.1) is 0 Å². The van der Waals surface area contributed by atoms with E-state index in [4.69, 9.17) is 11.6 Å². The number of rotatable bonds is 10. The van der Waals surface area contributed by atoms with Crippen molar-refractivity contribution in [3.8, 4) is 0 Å². The van der Waals surface area contributed by atoms with E-state index in [-0.39, 0.29) is 12.3 Å². The maximum Gasteiger partial charge on any atom is 0.307 e. The number of anilines is 2. The monoisotopic (exact) mass is 518 g/mol. The van der Waals surface area contributed by atoms with Crippen LogP contribution in [0.2, 0.25) is 5.02 Å². The Bertz CT molecular complexity index is 1340. The third-order valence-electron chi connectivity index (χ3n) is 6.15. The molecule has 0 bridgehead atoms. The smallest absolute Gasteiger partial charge is 0.307 e. The summed E-state index contributed by atoms with van der Waals surface area (Å²) >= 11 is 6.16. The third-order valence-corrected chi connectivity index (χ3v) is 6.39. The molecular weight excluding hydrogens is 488 g/mol. The highest BCUT2D eigenvalue weighted by Gasteiger charge is 2.28. The Morgan fingerprint density at radius 2 is 1.73 bits per heavy atom. The minimum atomic E-state index is -0.913. The highest BCUT2D eigenvalue weighted by atomic mass is 35.5. The van der Waals surface area contributed by atoms with Crippen LogP contribution in [0.1, 0.15) is 22.3 Å². The van der Waals surface area contributed by atoms with Gasteiger partial charge < -0.3 is 25.5 Å². The molecule has 0 fully saturated rings. The van der Waals surface area contributed by atoms with Gasteiger partial charge in [0.25, 0.3) is 5.91 Å². The molecule has 0 saturated carbocycles. The first-order valence-corrected chi connectivity index (χ1v) is 12.4. The molecule has 7 nitrogen and oxygen atoms in total. The molecule has 1 heterocycles. The lowest BCUT2D eigenvalue weighted by molar-refractivity contribution is -0.136. The van der Waals surface area contributed by atoms with Gasteiger partial charge in [0.1, 0.15) is 0 Å². The zero-order valence-corrected chi connectivity index (χ0v) is 22.0. The maximum atomic E-state index is 13.1. The van der Waals surface area contributed by atoms with E-state index in [1.165, 1.54) is 5.56 Å². The van der Waals surface area contributed by atoms with E-state index in [1.54, 1.807) is 30.3 Å². The van der Waals surface area contributed by atoms with Crippen LogP contribution in [-0.2, 0) is 22.6 Å². The Morgan fingerprint density at radius 1 is 0.973 bits per heavy atom. The first-order valence-electron chi connectivity index (χ1n) is 12.1. The number of amides is 1. The Kier molecular flexibility index (Phi) is 8.28.